The molecule has 0 spiro atoms. The average molecular weight is 256 g/mol. The molecule has 0 unspecified atom stereocenters. The van der Waals surface area contributed by atoms with Gasteiger partial charge in [0.2, 0.25) is 0 Å². The van der Waals surface area contributed by atoms with Crippen LogP contribution in [0.4, 0.5) is 18.9 Å². The molecule has 0 atom stereocenters. The summed E-state index contributed by atoms with van der Waals surface area (Å²) in [5.74, 6) is -0.882. The monoisotopic (exact) mass is 255 g/mol. The molecule has 0 aromatic heterocycles. The molecule has 1 rings (SSSR count). The fourth-order valence-electron chi connectivity index (χ4n) is 0.879. The second-order valence-corrected chi connectivity index (χ2v) is 3.21. The van der Waals surface area contributed by atoms with Gasteiger partial charge in [0.15, 0.2) is 0 Å². The standard InChI is InChI=1S/C7H5BrF3NO/c8-3-1-2-4(12)5(6(3)13)7(9,10)11/h1-2,13H,12H2. The summed E-state index contributed by atoms with van der Waals surface area (Å²) in [5.41, 5.74) is 3.38. The summed E-state index contributed by atoms with van der Waals surface area (Å²) in [5, 5.41) is 9.07. The van der Waals surface area contributed by atoms with Crippen LogP contribution in [0.5, 0.6) is 5.75 Å². The molecule has 6 heteroatoms. The predicted molar refractivity (Wildman–Crippen MR) is 45.2 cm³/mol. The first kappa shape index (κ1) is 10.2. The maximum Gasteiger partial charge on any atom is 0.421 e. The number of halogens is 4. The van der Waals surface area contributed by atoms with Crippen LogP contribution in [-0.4, -0.2) is 5.11 Å². The number of anilines is 1. The molecule has 1 aromatic carbocycles. The summed E-state index contributed by atoms with van der Waals surface area (Å²) < 4.78 is 36.7. The van der Waals surface area contributed by atoms with E-state index in [-0.39, 0.29) is 4.47 Å². The minimum atomic E-state index is -4.64. The summed E-state index contributed by atoms with van der Waals surface area (Å²) in [6.45, 7) is 0. The molecule has 0 saturated carbocycles. The van der Waals surface area contributed by atoms with Crippen LogP contribution < -0.4 is 5.73 Å². The lowest BCUT2D eigenvalue weighted by molar-refractivity contribution is -0.138. The molecular formula is C7H5BrF3NO. The lowest BCUT2D eigenvalue weighted by Gasteiger charge is -2.12. The Morgan fingerprint density at radius 3 is 2.23 bits per heavy atom. The topological polar surface area (TPSA) is 46.2 Å². The first-order chi connectivity index (χ1) is 5.84. The Kier molecular flexibility index (Phi) is 2.42. The molecule has 0 fully saturated rings. The number of phenols is 1. The van der Waals surface area contributed by atoms with Crippen LogP contribution in [0.25, 0.3) is 0 Å². The van der Waals surface area contributed by atoms with Gasteiger partial charge in [0.1, 0.15) is 11.3 Å². The highest BCUT2D eigenvalue weighted by atomic mass is 79.9. The highest BCUT2D eigenvalue weighted by Crippen LogP contribution is 2.42. The molecule has 0 radical (unpaired) electrons. The van der Waals surface area contributed by atoms with E-state index in [2.05, 4.69) is 15.9 Å². The lowest BCUT2D eigenvalue weighted by atomic mass is 10.1. The van der Waals surface area contributed by atoms with Crippen molar-refractivity contribution in [2.75, 3.05) is 5.73 Å². The number of hydrogen-bond acceptors (Lipinski definition) is 2. The largest absolute Gasteiger partial charge is 0.506 e. The number of nitrogens with two attached hydrogens (primary N) is 1. The van der Waals surface area contributed by atoms with E-state index >= 15 is 0 Å². The number of alkyl halides is 3. The van der Waals surface area contributed by atoms with Gasteiger partial charge in [-0.05, 0) is 28.1 Å². The summed E-state index contributed by atoms with van der Waals surface area (Å²) in [4.78, 5) is 0. The number of nitrogen functional groups attached to an aromatic ring is 1. The number of benzene rings is 1. The van der Waals surface area contributed by atoms with Gasteiger partial charge in [0, 0.05) is 5.69 Å². The van der Waals surface area contributed by atoms with Gasteiger partial charge in [0.05, 0.1) is 4.47 Å². The smallest absolute Gasteiger partial charge is 0.421 e. The van der Waals surface area contributed by atoms with Crippen LogP contribution in [0.15, 0.2) is 16.6 Å². The van der Waals surface area contributed by atoms with Crippen molar-refractivity contribution >= 4 is 21.6 Å². The zero-order valence-corrected chi connectivity index (χ0v) is 7.78. The Balaban J connectivity index is 3.43. The van der Waals surface area contributed by atoms with Gasteiger partial charge in [-0.15, -0.1) is 0 Å². The van der Waals surface area contributed by atoms with Gasteiger partial charge >= 0.3 is 6.18 Å². The van der Waals surface area contributed by atoms with Crippen molar-refractivity contribution in [3.05, 3.63) is 22.2 Å². The second kappa shape index (κ2) is 3.10. The molecule has 0 amide bonds. The second-order valence-electron chi connectivity index (χ2n) is 2.36. The Morgan fingerprint density at radius 2 is 1.85 bits per heavy atom. The Labute approximate surface area is 80.3 Å². The molecule has 0 aliphatic carbocycles. The third-order valence-corrected chi connectivity index (χ3v) is 2.08. The number of phenolic OH excluding ortho intramolecular Hbond substituents is 1. The first-order valence-corrected chi connectivity index (χ1v) is 3.97. The van der Waals surface area contributed by atoms with Crippen LogP contribution in [0.2, 0.25) is 0 Å². The van der Waals surface area contributed by atoms with Gasteiger partial charge in [0.25, 0.3) is 0 Å². The maximum absolute atomic E-state index is 12.2. The molecule has 0 heterocycles. The third-order valence-electron chi connectivity index (χ3n) is 1.44. The zero-order valence-electron chi connectivity index (χ0n) is 6.19. The van der Waals surface area contributed by atoms with Crippen molar-refractivity contribution < 1.29 is 18.3 Å². The van der Waals surface area contributed by atoms with Crippen molar-refractivity contribution in [2.45, 2.75) is 6.18 Å². The minimum Gasteiger partial charge on any atom is -0.506 e. The molecular weight excluding hydrogens is 251 g/mol. The molecule has 0 aliphatic heterocycles. The Morgan fingerprint density at radius 1 is 1.31 bits per heavy atom. The van der Waals surface area contributed by atoms with Crippen molar-refractivity contribution in [3.8, 4) is 5.75 Å². The maximum atomic E-state index is 12.2. The Bertz CT molecular complexity index is 337. The minimum absolute atomic E-state index is 0.0333. The number of hydrogen-bond donors (Lipinski definition) is 2. The summed E-state index contributed by atoms with van der Waals surface area (Å²) in [6, 6.07) is 2.33. The molecule has 13 heavy (non-hydrogen) atoms. The molecule has 3 N–H and O–H groups in total. The molecule has 1 aromatic rings. The van der Waals surface area contributed by atoms with Gasteiger partial charge in [-0.3, -0.25) is 0 Å². The predicted octanol–water partition coefficient (Wildman–Crippen LogP) is 2.76. The number of aromatic hydroxyl groups is 1. The van der Waals surface area contributed by atoms with Crippen LogP contribution in [-0.2, 0) is 6.18 Å². The van der Waals surface area contributed by atoms with Crippen LogP contribution >= 0.6 is 15.9 Å². The summed E-state index contributed by atoms with van der Waals surface area (Å²) >= 11 is 2.77. The van der Waals surface area contributed by atoms with E-state index in [1.165, 1.54) is 6.07 Å². The fourth-order valence-corrected chi connectivity index (χ4v) is 1.21. The molecule has 0 aliphatic rings. The van der Waals surface area contributed by atoms with Crippen LogP contribution in [0.3, 0.4) is 0 Å². The van der Waals surface area contributed by atoms with Crippen LogP contribution in [0.1, 0.15) is 5.56 Å². The van der Waals surface area contributed by atoms with E-state index in [9.17, 15) is 13.2 Å². The van der Waals surface area contributed by atoms with Crippen molar-refractivity contribution in [1.29, 1.82) is 0 Å². The van der Waals surface area contributed by atoms with Gasteiger partial charge in [-0.25, -0.2) is 0 Å². The van der Waals surface area contributed by atoms with E-state index in [0.717, 1.165) is 6.07 Å². The van der Waals surface area contributed by atoms with Gasteiger partial charge < -0.3 is 10.8 Å². The first-order valence-electron chi connectivity index (χ1n) is 3.18. The third kappa shape index (κ3) is 1.88. The van der Waals surface area contributed by atoms with E-state index in [1.54, 1.807) is 0 Å². The van der Waals surface area contributed by atoms with Crippen LogP contribution in [0, 0.1) is 0 Å². The van der Waals surface area contributed by atoms with Crippen molar-refractivity contribution in [2.24, 2.45) is 0 Å². The SMILES string of the molecule is Nc1ccc(Br)c(O)c1C(F)(F)F. The molecule has 72 valence electrons. The van der Waals surface area contributed by atoms with Crippen molar-refractivity contribution in [3.63, 3.8) is 0 Å². The van der Waals surface area contributed by atoms with E-state index < -0.39 is 23.2 Å². The highest BCUT2D eigenvalue weighted by Gasteiger charge is 2.36. The zero-order chi connectivity index (χ0) is 10.2. The van der Waals surface area contributed by atoms with E-state index in [1.807, 2.05) is 0 Å². The molecule has 0 saturated heterocycles. The lowest BCUT2D eigenvalue weighted by Crippen LogP contribution is -2.09. The summed E-state index contributed by atoms with van der Waals surface area (Å²) in [7, 11) is 0. The Hall–Kier alpha value is -0.910. The van der Waals surface area contributed by atoms with E-state index in [0.29, 0.717) is 0 Å². The van der Waals surface area contributed by atoms with E-state index in [4.69, 9.17) is 10.8 Å². The summed E-state index contributed by atoms with van der Waals surface area (Å²) in [6.07, 6.45) is -4.64. The van der Waals surface area contributed by atoms with Gasteiger partial charge in [-0.2, -0.15) is 13.2 Å². The average Bonchev–Trinajstić information content (AvgIpc) is 1.95. The normalized spacial score (nSPS) is 11.7. The van der Waals surface area contributed by atoms with Gasteiger partial charge in [-0.1, -0.05) is 0 Å². The highest BCUT2D eigenvalue weighted by molar-refractivity contribution is 9.10. The van der Waals surface area contributed by atoms with Crippen molar-refractivity contribution in [1.82, 2.24) is 0 Å². The fraction of sp³-hybridized carbons (Fsp3) is 0.143. The quantitative estimate of drug-likeness (QED) is 0.701. The molecule has 2 nitrogen and oxygen atoms in total. The molecule has 0 bridgehead atoms. The number of rotatable bonds is 0.